The number of halogens is 2. The highest BCUT2D eigenvalue weighted by atomic mass is 79.9. The van der Waals surface area contributed by atoms with Crippen LogP contribution in [-0.4, -0.2) is 21.9 Å². The smallest absolute Gasteiger partial charge is 0.274 e. The van der Waals surface area contributed by atoms with Crippen LogP contribution in [0.4, 0.5) is 0 Å². The van der Waals surface area contributed by atoms with Crippen molar-refractivity contribution in [1.82, 2.24) is 9.47 Å². The molecule has 29 heavy (non-hydrogen) atoms. The number of hydrogen-bond acceptors (Lipinski definition) is 3. The molecule has 0 bridgehead atoms. The molecule has 1 aliphatic heterocycles. The zero-order chi connectivity index (χ0) is 20.4. The Balaban J connectivity index is 1.65. The Morgan fingerprint density at radius 1 is 1.00 bits per heavy atom. The fourth-order valence-electron chi connectivity index (χ4n) is 3.35. The van der Waals surface area contributed by atoms with E-state index in [9.17, 15) is 9.59 Å². The summed E-state index contributed by atoms with van der Waals surface area (Å²) in [5, 5.41) is 0.624. The van der Waals surface area contributed by atoms with E-state index in [1.807, 2.05) is 48.5 Å². The van der Waals surface area contributed by atoms with Gasteiger partial charge < -0.3 is 14.2 Å². The average molecular weight is 474 g/mol. The van der Waals surface area contributed by atoms with Crippen molar-refractivity contribution in [2.75, 3.05) is 6.54 Å². The first kappa shape index (κ1) is 19.7. The van der Waals surface area contributed by atoms with Crippen LogP contribution in [0.25, 0.3) is 0 Å². The fourth-order valence-corrected chi connectivity index (χ4v) is 3.99. The predicted octanol–water partition coefficient (Wildman–Crippen LogP) is 4.50. The first-order valence-electron chi connectivity index (χ1n) is 9.16. The number of ether oxygens (including phenoxy) is 1. The van der Waals surface area contributed by atoms with Crippen LogP contribution >= 0.6 is 27.5 Å². The van der Waals surface area contributed by atoms with Crippen molar-refractivity contribution in [2.45, 2.75) is 19.7 Å². The lowest BCUT2D eigenvalue weighted by Crippen LogP contribution is -2.41. The van der Waals surface area contributed by atoms with Crippen LogP contribution in [-0.2, 0) is 19.7 Å². The zero-order valence-corrected chi connectivity index (χ0v) is 17.8. The molecule has 0 unspecified atom stereocenters. The van der Waals surface area contributed by atoms with Crippen LogP contribution in [0.5, 0.6) is 5.75 Å². The lowest BCUT2D eigenvalue weighted by molar-refractivity contribution is 0.0680. The fraction of sp³-hybridized carbons (Fsp3) is 0.182. The molecule has 7 heteroatoms. The van der Waals surface area contributed by atoms with Crippen LogP contribution < -0.4 is 10.2 Å². The molecule has 5 nitrogen and oxygen atoms in total. The number of pyridine rings is 1. The van der Waals surface area contributed by atoms with E-state index in [0.29, 0.717) is 29.1 Å². The highest BCUT2D eigenvalue weighted by molar-refractivity contribution is 9.10. The van der Waals surface area contributed by atoms with E-state index in [0.717, 1.165) is 11.1 Å². The predicted molar refractivity (Wildman–Crippen MR) is 115 cm³/mol. The van der Waals surface area contributed by atoms with Crippen molar-refractivity contribution in [3.8, 4) is 5.75 Å². The molecular weight excluding hydrogens is 456 g/mol. The number of nitrogens with zero attached hydrogens (tertiary/aromatic N) is 2. The third-order valence-electron chi connectivity index (χ3n) is 4.78. The first-order chi connectivity index (χ1) is 14.0. The maximum atomic E-state index is 13.2. The Hall–Kier alpha value is -2.57. The molecule has 0 saturated heterocycles. The summed E-state index contributed by atoms with van der Waals surface area (Å²) in [4.78, 5) is 27.7. The van der Waals surface area contributed by atoms with Crippen LogP contribution in [0.15, 0.2) is 70.1 Å². The second-order valence-electron chi connectivity index (χ2n) is 6.81. The summed E-state index contributed by atoms with van der Waals surface area (Å²) in [5.74, 6) is -0.159. The molecule has 0 aliphatic carbocycles. The molecule has 148 valence electrons. The average Bonchev–Trinajstić information content (AvgIpc) is 2.72. The van der Waals surface area contributed by atoms with Gasteiger partial charge in [0.1, 0.15) is 6.61 Å². The molecule has 2 heterocycles. The van der Waals surface area contributed by atoms with E-state index in [1.165, 1.54) is 0 Å². The number of benzene rings is 2. The second kappa shape index (κ2) is 8.43. The number of fused-ring (bicyclic) bond motifs is 1. The topological polar surface area (TPSA) is 51.5 Å². The molecule has 1 aliphatic rings. The SMILES string of the molecule is O=C1c2c(OCc3ccccc3)c(=O)c(Br)cn2CCN1Cc1cccc(Cl)c1. The summed E-state index contributed by atoms with van der Waals surface area (Å²) < 4.78 is 8.01. The molecule has 0 N–H and O–H groups in total. The molecule has 3 aromatic rings. The lowest BCUT2D eigenvalue weighted by atomic mass is 10.1. The van der Waals surface area contributed by atoms with E-state index >= 15 is 0 Å². The number of rotatable bonds is 5. The molecular formula is C22H18BrClN2O3. The van der Waals surface area contributed by atoms with Gasteiger partial charge in [-0.3, -0.25) is 9.59 Å². The molecule has 1 amide bonds. The van der Waals surface area contributed by atoms with Gasteiger partial charge in [-0.2, -0.15) is 0 Å². The van der Waals surface area contributed by atoms with Crippen molar-refractivity contribution in [2.24, 2.45) is 0 Å². The van der Waals surface area contributed by atoms with Gasteiger partial charge in [0.15, 0.2) is 11.4 Å². The van der Waals surface area contributed by atoms with E-state index in [-0.39, 0.29) is 29.4 Å². The Labute approximate surface area is 181 Å². The third kappa shape index (κ3) is 4.23. The number of carbonyl (C=O) groups is 1. The van der Waals surface area contributed by atoms with Gasteiger partial charge in [0.2, 0.25) is 5.43 Å². The number of hydrogen-bond donors (Lipinski definition) is 0. The van der Waals surface area contributed by atoms with Crippen molar-refractivity contribution < 1.29 is 9.53 Å². The van der Waals surface area contributed by atoms with Gasteiger partial charge in [-0.25, -0.2) is 0 Å². The minimum Gasteiger partial charge on any atom is -0.483 e. The van der Waals surface area contributed by atoms with E-state index in [1.54, 1.807) is 21.7 Å². The Kier molecular flexibility index (Phi) is 5.74. The summed E-state index contributed by atoms with van der Waals surface area (Å²) >= 11 is 9.36. The summed E-state index contributed by atoms with van der Waals surface area (Å²) in [5.41, 5.74) is 1.81. The molecule has 0 saturated carbocycles. The van der Waals surface area contributed by atoms with E-state index < -0.39 is 0 Å². The molecule has 1 aromatic heterocycles. The summed E-state index contributed by atoms with van der Waals surface area (Å²) in [6, 6.07) is 17.0. The van der Waals surface area contributed by atoms with Crippen LogP contribution in [0, 0.1) is 0 Å². The number of aromatic nitrogens is 1. The highest BCUT2D eigenvalue weighted by Crippen LogP contribution is 2.25. The van der Waals surface area contributed by atoms with Crippen molar-refractivity contribution in [3.63, 3.8) is 0 Å². The van der Waals surface area contributed by atoms with Crippen molar-refractivity contribution in [1.29, 1.82) is 0 Å². The molecule has 0 radical (unpaired) electrons. The molecule has 0 fully saturated rings. The van der Waals surface area contributed by atoms with Crippen LogP contribution in [0.3, 0.4) is 0 Å². The Morgan fingerprint density at radius 2 is 1.76 bits per heavy atom. The molecule has 0 spiro atoms. The van der Waals surface area contributed by atoms with Crippen molar-refractivity contribution >= 4 is 33.4 Å². The second-order valence-corrected chi connectivity index (χ2v) is 8.10. The largest absolute Gasteiger partial charge is 0.483 e. The van der Waals surface area contributed by atoms with Gasteiger partial charge in [0, 0.05) is 30.9 Å². The molecule has 2 aromatic carbocycles. The minimum atomic E-state index is -0.329. The van der Waals surface area contributed by atoms with Crippen molar-refractivity contribution in [3.05, 3.63) is 97.3 Å². The third-order valence-corrected chi connectivity index (χ3v) is 5.58. The lowest BCUT2D eigenvalue weighted by Gasteiger charge is -2.31. The number of amides is 1. The zero-order valence-electron chi connectivity index (χ0n) is 15.5. The van der Waals surface area contributed by atoms with Crippen LogP contribution in [0.2, 0.25) is 5.02 Å². The minimum absolute atomic E-state index is 0.0732. The standard InChI is InChI=1S/C22H18BrClN2O3/c23-18-13-25-9-10-26(12-16-7-4-8-17(24)11-16)22(28)19(25)21(20(18)27)29-14-15-5-2-1-3-6-15/h1-8,11,13H,9-10,12,14H2. The molecule has 4 rings (SSSR count). The Morgan fingerprint density at radius 3 is 2.52 bits per heavy atom. The number of carbonyl (C=O) groups excluding carboxylic acids is 1. The van der Waals surface area contributed by atoms with Crippen LogP contribution in [0.1, 0.15) is 21.6 Å². The normalized spacial score (nSPS) is 13.3. The maximum absolute atomic E-state index is 13.2. The first-order valence-corrected chi connectivity index (χ1v) is 10.3. The van der Waals surface area contributed by atoms with Gasteiger partial charge >= 0.3 is 0 Å². The van der Waals surface area contributed by atoms with Gasteiger partial charge in [-0.15, -0.1) is 0 Å². The maximum Gasteiger partial charge on any atom is 0.274 e. The highest BCUT2D eigenvalue weighted by Gasteiger charge is 2.30. The van der Waals surface area contributed by atoms with Gasteiger partial charge in [-0.1, -0.05) is 54.1 Å². The van der Waals surface area contributed by atoms with Gasteiger partial charge in [-0.05, 0) is 39.2 Å². The quantitative estimate of drug-likeness (QED) is 0.548. The van der Waals surface area contributed by atoms with E-state index in [4.69, 9.17) is 16.3 Å². The van der Waals surface area contributed by atoms with E-state index in [2.05, 4.69) is 15.9 Å². The summed E-state index contributed by atoms with van der Waals surface area (Å²) in [7, 11) is 0. The Bertz CT molecular complexity index is 1110. The monoisotopic (exact) mass is 472 g/mol. The summed E-state index contributed by atoms with van der Waals surface area (Å²) in [6.45, 7) is 1.73. The summed E-state index contributed by atoms with van der Waals surface area (Å²) in [6.07, 6.45) is 1.65. The van der Waals surface area contributed by atoms with Gasteiger partial charge in [0.25, 0.3) is 5.91 Å². The van der Waals surface area contributed by atoms with Gasteiger partial charge in [0.05, 0.1) is 4.47 Å². The molecule has 0 atom stereocenters.